The molecule has 0 heterocycles. The molecule has 2 aromatic rings. The zero-order chi connectivity index (χ0) is 15.1. The maximum Gasteiger partial charge on any atom is 0.326 e. The maximum absolute atomic E-state index is 11.4. The van der Waals surface area contributed by atoms with E-state index in [2.05, 4.69) is 10.3 Å². The molecule has 0 aliphatic heterocycles. The van der Waals surface area contributed by atoms with Gasteiger partial charge in [0.15, 0.2) is 0 Å². The second-order valence-corrected chi connectivity index (χ2v) is 4.80. The predicted octanol–water partition coefficient (Wildman–Crippen LogP) is 3.59. The lowest BCUT2D eigenvalue weighted by atomic mass is 10.0. The number of hydrogen-bond donors (Lipinski definition) is 2. The Hall–Kier alpha value is -2.62. The molecule has 0 saturated carbocycles. The Kier molecular flexibility index (Phi) is 5.10. The van der Waals surface area contributed by atoms with E-state index in [4.69, 9.17) is 0 Å². The molecule has 2 aromatic carbocycles. The average Bonchev–Trinajstić information content (AvgIpc) is 2.52. The molecule has 0 aliphatic carbocycles. The molecule has 4 nitrogen and oxygen atoms in total. The second kappa shape index (κ2) is 7.24. The Morgan fingerprint density at radius 3 is 2.24 bits per heavy atom. The van der Waals surface area contributed by atoms with Crippen LogP contribution in [0.15, 0.2) is 65.7 Å². The number of nitrogens with one attached hydrogen (secondary N) is 1. The highest BCUT2D eigenvalue weighted by Crippen LogP contribution is 2.14. The van der Waals surface area contributed by atoms with Gasteiger partial charge in [-0.05, 0) is 24.3 Å². The first-order valence-electron chi connectivity index (χ1n) is 6.80. The number of hydrogen-bond acceptors (Lipinski definition) is 3. The fourth-order valence-corrected chi connectivity index (χ4v) is 1.94. The topological polar surface area (TPSA) is 61.7 Å². The Morgan fingerprint density at radius 2 is 1.67 bits per heavy atom. The van der Waals surface area contributed by atoms with Crippen molar-refractivity contribution in [2.24, 2.45) is 10.9 Å². The van der Waals surface area contributed by atoms with E-state index in [1.165, 1.54) is 0 Å². The molecular weight excluding hydrogens is 264 g/mol. The van der Waals surface area contributed by atoms with E-state index in [1.54, 1.807) is 6.21 Å². The minimum absolute atomic E-state index is 0.247. The quantitative estimate of drug-likeness (QED) is 0.796. The highest BCUT2D eigenvalue weighted by atomic mass is 16.4. The van der Waals surface area contributed by atoms with Gasteiger partial charge in [-0.3, -0.25) is 4.99 Å². The number of rotatable bonds is 6. The summed E-state index contributed by atoms with van der Waals surface area (Å²) in [6, 6.07) is 18.1. The summed E-state index contributed by atoms with van der Waals surface area (Å²) in [5, 5.41) is 12.4. The highest BCUT2D eigenvalue weighted by Gasteiger charge is 2.23. The summed E-state index contributed by atoms with van der Waals surface area (Å²) in [6.45, 7) is 1.83. The molecule has 0 saturated heterocycles. The summed E-state index contributed by atoms with van der Waals surface area (Å²) in [5.74, 6) is -1.14. The van der Waals surface area contributed by atoms with Crippen molar-refractivity contribution in [1.82, 2.24) is 0 Å². The third-order valence-corrected chi connectivity index (χ3v) is 3.10. The van der Waals surface area contributed by atoms with Crippen LogP contribution in [0.1, 0.15) is 6.92 Å². The first kappa shape index (κ1) is 14.8. The van der Waals surface area contributed by atoms with E-state index in [1.807, 2.05) is 67.6 Å². The summed E-state index contributed by atoms with van der Waals surface area (Å²) in [7, 11) is 0. The van der Waals surface area contributed by atoms with Crippen molar-refractivity contribution >= 4 is 23.6 Å². The molecule has 2 atom stereocenters. The second-order valence-electron chi connectivity index (χ2n) is 4.80. The van der Waals surface area contributed by atoms with Gasteiger partial charge in [-0.15, -0.1) is 0 Å². The zero-order valence-electron chi connectivity index (χ0n) is 11.8. The van der Waals surface area contributed by atoms with Gasteiger partial charge in [-0.25, -0.2) is 4.79 Å². The Bertz CT molecular complexity index is 597. The molecule has 0 fully saturated rings. The van der Waals surface area contributed by atoms with Gasteiger partial charge < -0.3 is 10.4 Å². The number of para-hydroxylation sites is 2. The summed E-state index contributed by atoms with van der Waals surface area (Å²) in [5.41, 5.74) is 1.60. The van der Waals surface area contributed by atoms with Gasteiger partial charge in [0.25, 0.3) is 0 Å². The normalized spacial score (nSPS) is 13.8. The van der Waals surface area contributed by atoms with E-state index in [0.717, 1.165) is 11.4 Å². The van der Waals surface area contributed by atoms with Crippen LogP contribution in [0.4, 0.5) is 11.4 Å². The van der Waals surface area contributed by atoms with Crippen LogP contribution in [0.2, 0.25) is 0 Å². The first-order chi connectivity index (χ1) is 10.2. The van der Waals surface area contributed by atoms with Gasteiger partial charge in [0.2, 0.25) is 0 Å². The van der Waals surface area contributed by atoms with Crippen LogP contribution in [0.25, 0.3) is 0 Å². The van der Waals surface area contributed by atoms with Crippen LogP contribution in [0.5, 0.6) is 0 Å². The molecule has 2 rings (SSSR count). The minimum atomic E-state index is -0.897. The number of anilines is 1. The SMILES string of the molecule is CC(C=Nc1ccccc1)C(Nc1ccccc1)C(=O)O. The van der Waals surface area contributed by atoms with Crippen LogP contribution < -0.4 is 5.32 Å². The minimum Gasteiger partial charge on any atom is -0.480 e. The lowest BCUT2D eigenvalue weighted by Gasteiger charge is -2.19. The smallest absolute Gasteiger partial charge is 0.326 e. The van der Waals surface area contributed by atoms with Crippen molar-refractivity contribution in [2.45, 2.75) is 13.0 Å². The van der Waals surface area contributed by atoms with E-state index < -0.39 is 12.0 Å². The number of carboxylic acids is 1. The van der Waals surface area contributed by atoms with Crippen LogP contribution in [-0.2, 0) is 4.79 Å². The lowest BCUT2D eigenvalue weighted by Crippen LogP contribution is -2.36. The molecule has 0 aromatic heterocycles. The van der Waals surface area contributed by atoms with Crippen LogP contribution >= 0.6 is 0 Å². The van der Waals surface area contributed by atoms with Crippen molar-refractivity contribution in [3.05, 3.63) is 60.7 Å². The average molecular weight is 282 g/mol. The number of aliphatic imine (C=N–C) groups is 1. The van der Waals surface area contributed by atoms with Crippen LogP contribution in [-0.4, -0.2) is 23.3 Å². The predicted molar refractivity (Wildman–Crippen MR) is 85.2 cm³/mol. The number of carbonyl (C=O) groups is 1. The van der Waals surface area contributed by atoms with E-state index in [9.17, 15) is 9.90 Å². The molecule has 4 heteroatoms. The third kappa shape index (κ3) is 4.45. The Balaban J connectivity index is 2.07. The monoisotopic (exact) mass is 282 g/mol. The lowest BCUT2D eigenvalue weighted by molar-refractivity contribution is -0.138. The first-order valence-corrected chi connectivity index (χ1v) is 6.80. The summed E-state index contributed by atoms with van der Waals surface area (Å²) in [4.78, 5) is 15.8. The summed E-state index contributed by atoms with van der Waals surface area (Å²) in [6.07, 6.45) is 1.67. The van der Waals surface area contributed by atoms with Crippen LogP contribution in [0, 0.1) is 5.92 Å². The van der Waals surface area contributed by atoms with Gasteiger partial charge >= 0.3 is 5.97 Å². The molecular formula is C17H18N2O2. The molecule has 0 radical (unpaired) electrons. The maximum atomic E-state index is 11.4. The molecule has 2 N–H and O–H groups in total. The Labute approximate surface area is 124 Å². The zero-order valence-corrected chi connectivity index (χ0v) is 11.8. The number of nitrogens with zero attached hydrogens (tertiary/aromatic N) is 1. The molecule has 0 bridgehead atoms. The molecule has 0 amide bonds. The van der Waals surface area contributed by atoms with Crippen molar-refractivity contribution in [2.75, 3.05) is 5.32 Å². The van der Waals surface area contributed by atoms with Gasteiger partial charge in [0.05, 0.1) is 5.69 Å². The van der Waals surface area contributed by atoms with Gasteiger partial charge in [0.1, 0.15) is 6.04 Å². The highest BCUT2D eigenvalue weighted by molar-refractivity contribution is 5.83. The fourth-order valence-electron chi connectivity index (χ4n) is 1.94. The van der Waals surface area contributed by atoms with Crippen LogP contribution in [0.3, 0.4) is 0 Å². The Morgan fingerprint density at radius 1 is 1.10 bits per heavy atom. The van der Waals surface area contributed by atoms with Crippen molar-refractivity contribution in [3.63, 3.8) is 0 Å². The molecule has 108 valence electrons. The van der Waals surface area contributed by atoms with E-state index in [0.29, 0.717) is 0 Å². The van der Waals surface area contributed by atoms with Crippen molar-refractivity contribution < 1.29 is 9.90 Å². The molecule has 2 unspecified atom stereocenters. The summed E-state index contributed by atoms with van der Waals surface area (Å²) < 4.78 is 0. The largest absolute Gasteiger partial charge is 0.480 e. The third-order valence-electron chi connectivity index (χ3n) is 3.10. The number of benzene rings is 2. The van der Waals surface area contributed by atoms with Gasteiger partial charge in [-0.2, -0.15) is 0 Å². The van der Waals surface area contributed by atoms with Gasteiger partial charge in [0, 0.05) is 17.8 Å². The number of aliphatic carboxylic acids is 1. The summed E-state index contributed by atoms with van der Waals surface area (Å²) >= 11 is 0. The van der Waals surface area contributed by atoms with E-state index in [-0.39, 0.29) is 5.92 Å². The molecule has 0 spiro atoms. The van der Waals surface area contributed by atoms with Crippen molar-refractivity contribution in [3.8, 4) is 0 Å². The molecule has 0 aliphatic rings. The number of carboxylic acid groups (broad SMARTS) is 1. The molecule has 21 heavy (non-hydrogen) atoms. The van der Waals surface area contributed by atoms with Gasteiger partial charge in [-0.1, -0.05) is 43.3 Å². The van der Waals surface area contributed by atoms with E-state index >= 15 is 0 Å². The standard InChI is InChI=1S/C17H18N2O2/c1-13(12-18-14-8-4-2-5-9-14)16(17(20)21)19-15-10-6-3-7-11-15/h2-13,16,19H,1H3,(H,20,21). The van der Waals surface area contributed by atoms with Crippen molar-refractivity contribution in [1.29, 1.82) is 0 Å². The fraction of sp³-hybridized carbons (Fsp3) is 0.176.